The van der Waals surface area contributed by atoms with Gasteiger partial charge in [0.2, 0.25) is 0 Å². The van der Waals surface area contributed by atoms with Gasteiger partial charge in [-0.05, 0) is 19.1 Å². The number of aryl methyl sites for hydroxylation is 1. The van der Waals surface area contributed by atoms with Crippen molar-refractivity contribution in [3.05, 3.63) is 47.8 Å². The lowest BCUT2D eigenvalue weighted by molar-refractivity contribution is -0.120. The van der Waals surface area contributed by atoms with E-state index < -0.39 is 6.04 Å². The van der Waals surface area contributed by atoms with Crippen molar-refractivity contribution in [2.75, 3.05) is 24.5 Å². The summed E-state index contributed by atoms with van der Waals surface area (Å²) in [5, 5.41) is 6.61. The Bertz CT molecular complexity index is 847. The van der Waals surface area contributed by atoms with Crippen molar-refractivity contribution in [1.29, 1.82) is 0 Å². The number of aromatic amines is 1. The lowest BCUT2D eigenvalue weighted by Gasteiger charge is -2.35. The molecule has 2 aliphatic heterocycles. The van der Waals surface area contributed by atoms with Gasteiger partial charge in [-0.25, -0.2) is 9.69 Å². The Morgan fingerprint density at radius 3 is 2.64 bits per heavy atom. The van der Waals surface area contributed by atoms with Gasteiger partial charge in [-0.3, -0.25) is 14.7 Å². The highest BCUT2D eigenvalue weighted by atomic mass is 16.2. The van der Waals surface area contributed by atoms with Gasteiger partial charge in [0.25, 0.3) is 11.8 Å². The molecule has 1 unspecified atom stereocenters. The number of aromatic nitrogens is 2. The molecule has 1 N–H and O–H groups in total. The zero-order valence-electron chi connectivity index (χ0n) is 13.7. The molecule has 2 saturated heterocycles. The molecule has 0 bridgehead atoms. The van der Waals surface area contributed by atoms with Gasteiger partial charge in [-0.15, -0.1) is 0 Å². The molecule has 8 nitrogen and oxygen atoms in total. The highest BCUT2D eigenvalue weighted by Gasteiger charge is 2.49. The number of hydrogen-bond acceptors (Lipinski definition) is 4. The maximum atomic E-state index is 12.8. The predicted octanol–water partition coefficient (Wildman–Crippen LogP) is 1.01. The van der Waals surface area contributed by atoms with Crippen LogP contribution < -0.4 is 4.90 Å². The van der Waals surface area contributed by atoms with E-state index in [9.17, 15) is 14.4 Å². The molecular formula is C17H17N5O3. The number of carbonyl (C=O) groups excluding carboxylic acids is 3. The third-order valence-corrected chi connectivity index (χ3v) is 4.68. The number of fused-ring (bicyclic) bond motifs is 1. The van der Waals surface area contributed by atoms with Crippen LogP contribution in [-0.4, -0.2) is 63.5 Å². The molecule has 1 atom stereocenters. The number of hydrogen-bond donors (Lipinski definition) is 1. The molecule has 4 amide bonds. The monoisotopic (exact) mass is 339 g/mol. The summed E-state index contributed by atoms with van der Waals surface area (Å²) in [6.07, 6.45) is 1.49. The van der Waals surface area contributed by atoms with E-state index in [0.717, 1.165) is 0 Å². The number of carbonyl (C=O) groups is 3. The van der Waals surface area contributed by atoms with Crippen molar-refractivity contribution in [3.63, 3.8) is 0 Å². The van der Waals surface area contributed by atoms with E-state index in [4.69, 9.17) is 0 Å². The van der Waals surface area contributed by atoms with Gasteiger partial charge >= 0.3 is 6.03 Å². The van der Waals surface area contributed by atoms with Crippen LogP contribution in [0.1, 0.15) is 16.1 Å². The zero-order chi connectivity index (χ0) is 17.6. The van der Waals surface area contributed by atoms with Crippen LogP contribution in [0.5, 0.6) is 0 Å². The number of rotatable bonds is 2. The van der Waals surface area contributed by atoms with Crippen LogP contribution >= 0.6 is 0 Å². The number of nitrogens with one attached hydrogen (secondary N) is 1. The summed E-state index contributed by atoms with van der Waals surface area (Å²) in [5.41, 5.74) is 1.73. The second kappa shape index (κ2) is 5.73. The highest BCUT2D eigenvalue weighted by molar-refractivity contribution is 6.21. The smallest absolute Gasteiger partial charge is 0.332 e. The van der Waals surface area contributed by atoms with Crippen LogP contribution in [0.3, 0.4) is 0 Å². The maximum Gasteiger partial charge on any atom is 0.332 e. The quantitative estimate of drug-likeness (QED) is 0.827. The standard InChI is InChI=1S/C17H17N5O3/c1-11-13(9-18-19-11)15(23)20-7-8-21-14(10-20)16(24)22(17(21)25)12-5-3-2-4-6-12/h2-6,9,14H,7-8,10H2,1H3,(H,18,19). The fourth-order valence-electron chi connectivity index (χ4n) is 3.33. The second-order valence-corrected chi connectivity index (χ2v) is 6.16. The zero-order valence-corrected chi connectivity index (χ0v) is 13.7. The molecule has 1 aromatic carbocycles. The number of H-pyrrole nitrogens is 1. The van der Waals surface area contributed by atoms with Crippen LogP contribution in [0.2, 0.25) is 0 Å². The number of nitrogens with zero attached hydrogens (tertiary/aromatic N) is 4. The topological polar surface area (TPSA) is 89.6 Å². The van der Waals surface area contributed by atoms with E-state index in [-0.39, 0.29) is 24.4 Å². The first kappa shape index (κ1) is 15.4. The number of benzene rings is 1. The molecule has 2 fully saturated rings. The summed E-state index contributed by atoms with van der Waals surface area (Å²) < 4.78 is 0. The summed E-state index contributed by atoms with van der Waals surface area (Å²) in [4.78, 5) is 42.4. The van der Waals surface area contributed by atoms with Crippen LogP contribution in [0.15, 0.2) is 36.5 Å². The maximum absolute atomic E-state index is 12.8. The third kappa shape index (κ3) is 2.37. The number of para-hydroxylation sites is 1. The largest absolute Gasteiger partial charge is 0.334 e. The van der Waals surface area contributed by atoms with Crippen molar-refractivity contribution in [2.24, 2.45) is 0 Å². The van der Waals surface area contributed by atoms with Crippen LogP contribution in [0.25, 0.3) is 0 Å². The van der Waals surface area contributed by atoms with E-state index in [1.807, 2.05) is 6.07 Å². The number of piperazine rings is 1. The molecule has 0 saturated carbocycles. The SMILES string of the molecule is Cc1[nH]ncc1C(=O)N1CCN2C(=O)N(c3ccccc3)C(=O)C2C1. The molecule has 0 spiro atoms. The molecule has 0 aliphatic carbocycles. The number of amides is 4. The van der Waals surface area contributed by atoms with E-state index in [0.29, 0.717) is 30.0 Å². The number of urea groups is 1. The molecule has 1 aromatic heterocycles. The molecule has 2 aromatic rings. The van der Waals surface area contributed by atoms with E-state index in [1.54, 1.807) is 41.0 Å². The van der Waals surface area contributed by atoms with Gasteiger partial charge < -0.3 is 9.80 Å². The molecule has 2 aliphatic rings. The van der Waals surface area contributed by atoms with Crippen LogP contribution in [0, 0.1) is 6.92 Å². The third-order valence-electron chi connectivity index (χ3n) is 4.68. The fraction of sp³-hybridized carbons (Fsp3) is 0.294. The summed E-state index contributed by atoms with van der Waals surface area (Å²) in [6, 6.07) is 7.88. The van der Waals surface area contributed by atoms with Crippen molar-refractivity contribution in [3.8, 4) is 0 Å². The Hall–Kier alpha value is -3.16. The minimum atomic E-state index is -0.641. The van der Waals surface area contributed by atoms with Gasteiger partial charge in [-0.2, -0.15) is 5.10 Å². The lowest BCUT2D eigenvalue weighted by Crippen LogP contribution is -2.54. The molecule has 3 heterocycles. The van der Waals surface area contributed by atoms with Gasteiger partial charge in [0.15, 0.2) is 0 Å². The molecular weight excluding hydrogens is 322 g/mol. The Morgan fingerprint density at radius 2 is 1.96 bits per heavy atom. The van der Waals surface area contributed by atoms with Crippen LogP contribution in [-0.2, 0) is 4.79 Å². The second-order valence-electron chi connectivity index (χ2n) is 6.16. The van der Waals surface area contributed by atoms with E-state index in [1.165, 1.54) is 11.1 Å². The average molecular weight is 339 g/mol. The first-order chi connectivity index (χ1) is 12.1. The number of imide groups is 1. The summed E-state index contributed by atoms with van der Waals surface area (Å²) in [6.45, 7) is 2.69. The van der Waals surface area contributed by atoms with Crippen molar-refractivity contribution in [1.82, 2.24) is 20.0 Å². The minimum absolute atomic E-state index is 0.177. The van der Waals surface area contributed by atoms with Gasteiger partial charge in [0, 0.05) is 18.8 Å². The molecule has 0 radical (unpaired) electrons. The average Bonchev–Trinajstić information content (AvgIpc) is 3.17. The summed E-state index contributed by atoms with van der Waals surface area (Å²) in [5.74, 6) is -0.470. The van der Waals surface area contributed by atoms with Gasteiger partial charge in [-0.1, -0.05) is 18.2 Å². The van der Waals surface area contributed by atoms with Gasteiger partial charge in [0.05, 0.1) is 24.0 Å². The first-order valence-corrected chi connectivity index (χ1v) is 8.07. The van der Waals surface area contributed by atoms with Crippen molar-refractivity contribution < 1.29 is 14.4 Å². The van der Waals surface area contributed by atoms with Crippen molar-refractivity contribution >= 4 is 23.5 Å². The Morgan fingerprint density at radius 1 is 1.20 bits per heavy atom. The molecule has 25 heavy (non-hydrogen) atoms. The Kier molecular flexibility index (Phi) is 3.52. The van der Waals surface area contributed by atoms with Gasteiger partial charge in [0.1, 0.15) is 6.04 Å². The van der Waals surface area contributed by atoms with Crippen LogP contribution in [0.4, 0.5) is 10.5 Å². The van der Waals surface area contributed by atoms with E-state index in [2.05, 4.69) is 10.2 Å². The Balaban J connectivity index is 1.57. The lowest BCUT2D eigenvalue weighted by atomic mass is 10.1. The first-order valence-electron chi connectivity index (χ1n) is 8.07. The summed E-state index contributed by atoms with van der Waals surface area (Å²) >= 11 is 0. The normalized spacial score (nSPS) is 20.2. The highest BCUT2D eigenvalue weighted by Crippen LogP contribution is 2.27. The molecule has 8 heteroatoms. The Labute approximate surface area is 144 Å². The summed E-state index contributed by atoms with van der Waals surface area (Å²) in [7, 11) is 0. The molecule has 128 valence electrons. The predicted molar refractivity (Wildman–Crippen MR) is 89.0 cm³/mol. The fourth-order valence-corrected chi connectivity index (χ4v) is 3.33. The number of anilines is 1. The van der Waals surface area contributed by atoms with E-state index >= 15 is 0 Å². The molecule has 4 rings (SSSR count). The van der Waals surface area contributed by atoms with Crippen molar-refractivity contribution in [2.45, 2.75) is 13.0 Å². The minimum Gasteiger partial charge on any atom is -0.334 e.